The van der Waals surface area contributed by atoms with Crippen LogP contribution in [0.15, 0.2) is 12.5 Å². The fraction of sp³-hybridized carbons (Fsp3) is 0.615. The zero-order valence-electron chi connectivity index (χ0n) is 11.4. The van der Waals surface area contributed by atoms with Crippen LogP contribution in [0.3, 0.4) is 0 Å². The Hall–Kier alpha value is -1.85. The van der Waals surface area contributed by atoms with Crippen molar-refractivity contribution in [1.82, 2.24) is 14.5 Å². The maximum atomic E-state index is 12.1. The number of nitrogens with zero attached hydrogens (tertiary/aromatic N) is 3. The first-order valence-corrected chi connectivity index (χ1v) is 6.61. The lowest BCUT2D eigenvalue weighted by molar-refractivity contribution is -0.142. The van der Waals surface area contributed by atoms with Gasteiger partial charge in [-0.1, -0.05) is 6.92 Å². The van der Waals surface area contributed by atoms with Crippen LogP contribution in [0.1, 0.15) is 37.9 Å². The Morgan fingerprint density at radius 1 is 1.58 bits per heavy atom. The number of primary amides is 1. The Balaban J connectivity index is 2.41. The average molecular weight is 264 g/mol. The molecule has 0 radical (unpaired) electrons. The summed E-state index contributed by atoms with van der Waals surface area (Å²) in [5, 5.41) is 0. The summed E-state index contributed by atoms with van der Waals surface area (Å²) in [5.74, 6) is -0.593. The number of rotatable bonds is 4. The summed E-state index contributed by atoms with van der Waals surface area (Å²) >= 11 is 0. The molecule has 6 heteroatoms. The van der Waals surface area contributed by atoms with Crippen molar-refractivity contribution >= 4 is 11.8 Å². The van der Waals surface area contributed by atoms with Crippen molar-refractivity contribution in [2.75, 3.05) is 6.54 Å². The fourth-order valence-electron chi connectivity index (χ4n) is 2.77. The van der Waals surface area contributed by atoms with E-state index in [9.17, 15) is 9.59 Å². The Bertz CT molecular complexity index is 483. The topological polar surface area (TPSA) is 81.2 Å². The summed E-state index contributed by atoms with van der Waals surface area (Å²) in [6.07, 6.45) is 5.15. The predicted molar refractivity (Wildman–Crippen MR) is 69.9 cm³/mol. The number of carbonyl (C=O) groups is 2. The lowest BCUT2D eigenvalue weighted by Gasteiger charge is -2.39. The Labute approximate surface area is 112 Å². The Morgan fingerprint density at radius 3 is 2.84 bits per heavy atom. The van der Waals surface area contributed by atoms with Gasteiger partial charge >= 0.3 is 0 Å². The number of likely N-dealkylation sites (tertiary alicyclic amines) is 1. The SMILES string of the molecule is CCCN1C(=O)CCC(C(N)=O)C1c1cncn1C. The molecule has 0 spiro atoms. The minimum Gasteiger partial charge on any atom is -0.369 e. The second kappa shape index (κ2) is 5.42. The van der Waals surface area contributed by atoms with Gasteiger partial charge in [-0.25, -0.2) is 4.98 Å². The van der Waals surface area contributed by atoms with Crippen LogP contribution in [0, 0.1) is 5.92 Å². The first-order chi connectivity index (χ1) is 9.06. The molecule has 1 fully saturated rings. The molecule has 2 unspecified atom stereocenters. The van der Waals surface area contributed by atoms with Crippen molar-refractivity contribution in [3.8, 4) is 0 Å². The molecule has 19 heavy (non-hydrogen) atoms. The number of aryl methyl sites for hydroxylation is 1. The molecule has 0 saturated carbocycles. The second-order valence-corrected chi connectivity index (χ2v) is 5.01. The van der Waals surface area contributed by atoms with Crippen LogP contribution >= 0.6 is 0 Å². The van der Waals surface area contributed by atoms with Crippen LogP contribution in [0.2, 0.25) is 0 Å². The van der Waals surface area contributed by atoms with E-state index < -0.39 is 0 Å². The van der Waals surface area contributed by atoms with E-state index in [0.29, 0.717) is 19.4 Å². The van der Waals surface area contributed by atoms with Gasteiger partial charge in [-0.3, -0.25) is 9.59 Å². The van der Waals surface area contributed by atoms with E-state index >= 15 is 0 Å². The van der Waals surface area contributed by atoms with E-state index in [-0.39, 0.29) is 23.8 Å². The van der Waals surface area contributed by atoms with Crippen molar-refractivity contribution in [1.29, 1.82) is 0 Å². The number of carbonyl (C=O) groups excluding carboxylic acids is 2. The van der Waals surface area contributed by atoms with Gasteiger partial charge in [0.25, 0.3) is 0 Å². The summed E-state index contributed by atoms with van der Waals surface area (Å²) in [4.78, 5) is 29.7. The van der Waals surface area contributed by atoms with E-state index in [0.717, 1.165) is 12.1 Å². The first-order valence-electron chi connectivity index (χ1n) is 6.61. The molecule has 0 aliphatic carbocycles. The van der Waals surface area contributed by atoms with Crippen molar-refractivity contribution in [3.05, 3.63) is 18.2 Å². The van der Waals surface area contributed by atoms with E-state index in [1.165, 1.54) is 0 Å². The molecule has 2 atom stereocenters. The van der Waals surface area contributed by atoms with E-state index in [2.05, 4.69) is 4.98 Å². The van der Waals surface area contributed by atoms with Crippen LogP contribution in [0.4, 0.5) is 0 Å². The maximum Gasteiger partial charge on any atom is 0.223 e. The minimum absolute atomic E-state index is 0.0885. The highest BCUT2D eigenvalue weighted by atomic mass is 16.2. The normalized spacial score (nSPS) is 23.7. The average Bonchev–Trinajstić information content (AvgIpc) is 2.77. The molecule has 6 nitrogen and oxygen atoms in total. The van der Waals surface area contributed by atoms with Gasteiger partial charge in [0.2, 0.25) is 11.8 Å². The highest BCUT2D eigenvalue weighted by Gasteiger charge is 2.40. The highest BCUT2D eigenvalue weighted by molar-refractivity contribution is 5.84. The third-order valence-corrected chi connectivity index (χ3v) is 3.69. The number of amides is 2. The fourth-order valence-corrected chi connectivity index (χ4v) is 2.77. The van der Waals surface area contributed by atoms with E-state index in [1.807, 2.05) is 18.5 Å². The number of nitrogens with two attached hydrogens (primary N) is 1. The van der Waals surface area contributed by atoms with Crippen molar-refractivity contribution in [2.24, 2.45) is 18.7 Å². The van der Waals surface area contributed by atoms with Gasteiger partial charge in [-0.2, -0.15) is 0 Å². The predicted octanol–water partition coefficient (Wildman–Crippen LogP) is 0.595. The van der Waals surface area contributed by atoms with Gasteiger partial charge < -0.3 is 15.2 Å². The molecule has 2 amide bonds. The number of hydrogen-bond donors (Lipinski definition) is 1. The molecule has 1 saturated heterocycles. The van der Waals surface area contributed by atoms with Gasteiger partial charge in [-0.15, -0.1) is 0 Å². The van der Waals surface area contributed by atoms with Crippen molar-refractivity contribution in [2.45, 2.75) is 32.2 Å². The lowest BCUT2D eigenvalue weighted by atomic mass is 9.86. The molecule has 1 aromatic heterocycles. The zero-order chi connectivity index (χ0) is 14.0. The zero-order valence-corrected chi connectivity index (χ0v) is 11.4. The van der Waals surface area contributed by atoms with Crippen molar-refractivity contribution < 1.29 is 9.59 Å². The summed E-state index contributed by atoms with van der Waals surface area (Å²) in [7, 11) is 1.86. The number of piperidine rings is 1. The van der Waals surface area contributed by atoms with Gasteiger partial charge in [0.15, 0.2) is 0 Å². The Morgan fingerprint density at radius 2 is 2.32 bits per heavy atom. The first kappa shape index (κ1) is 13.6. The van der Waals surface area contributed by atoms with Gasteiger partial charge in [0.05, 0.1) is 30.2 Å². The molecular formula is C13H20N4O2. The van der Waals surface area contributed by atoms with Crippen molar-refractivity contribution in [3.63, 3.8) is 0 Å². The molecule has 1 aliphatic rings. The number of imidazole rings is 1. The lowest BCUT2D eigenvalue weighted by Crippen LogP contribution is -2.47. The van der Waals surface area contributed by atoms with Crippen LogP contribution < -0.4 is 5.73 Å². The molecular weight excluding hydrogens is 244 g/mol. The number of aromatic nitrogens is 2. The molecule has 1 aromatic rings. The summed E-state index contributed by atoms with van der Waals surface area (Å²) in [6.45, 7) is 2.65. The quantitative estimate of drug-likeness (QED) is 0.864. The van der Waals surface area contributed by atoms with Crippen LogP contribution in [-0.4, -0.2) is 32.8 Å². The molecule has 0 aromatic carbocycles. The summed E-state index contributed by atoms with van der Waals surface area (Å²) in [6, 6.07) is -0.286. The number of hydrogen-bond acceptors (Lipinski definition) is 3. The van der Waals surface area contributed by atoms with Crippen LogP contribution in [-0.2, 0) is 16.6 Å². The highest BCUT2D eigenvalue weighted by Crippen LogP contribution is 2.36. The molecule has 2 heterocycles. The summed E-state index contributed by atoms with van der Waals surface area (Å²) in [5.41, 5.74) is 6.38. The molecule has 1 aliphatic heterocycles. The standard InChI is InChI=1S/C13H20N4O2/c1-3-6-17-11(18)5-4-9(13(14)19)12(17)10-7-15-8-16(10)2/h7-9,12H,3-6H2,1-2H3,(H2,14,19). The molecule has 2 N–H and O–H groups in total. The van der Waals surface area contributed by atoms with Gasteiger partial charge in [-0.05, 0) is 12.8 Å². The second-order valence-electron chi connectivity index (χ2n) is 5.01. The third kappa shape index (κ3) is 2.47. The third-order valence-electron chi connectivity index (χ3n) is 3.69. The molecule has 104 valence electrons. The van der Waals surface area contributed by atoms with Gasteiger partial charge in [0.1, 0.15) is 0 Å². The summed E-state index contributed by atoms with van der Waals surface area (Å²) < 4.78 is 1.85. The monoisotopic (exact) mass is 264 g/mol. The minimum atomic E-state index is -0.347. The van der Waals surface area contributed by atoms with Crippen LogP contribution in [0.5, 0.6) is 0 Å². The Kier molecular flexibility index (Phi) is 3.87. The smallest absolute Gasteiger partial charge is 0.223 e. The van der Waals surface area contributed by atoms with Gasteiger partial charge in [0, 0.05) is 20.0 Å². The van der Waals surface area contributed by atoms with E-state index in [4.69, 9.17) is 5.73 Å². The maximum absolute atomic E-state index is 12.1. The molecule has 0 bridgehead atoms. The van der Waals surface area contributed by atoms with E-state index in [1.54, 1.807) is 17.4 Å². The van der Waals surface area contributed by atoms with Crippen LogP contribution in [0.25, 0.3) is 0 Å². The molecule has 2 rings (SSSR count). The largest absolute Gasteiger partial charge is 0.369 e.